The molecule has 8 heteroatoms. The van der Waals surface area contributed by atoms with E-state index in [1.807, 2.05) is 77.9 Å². The van der Waals surface area contributed by atoms with Crippen molar-refractivity contribution in [3.63, 3.8) is 0 Å². The number of carbonyl (C=O) groups excluding carboxylic acids is 2. The zero-order chi connectivity index (χ0) is 28.7. The average Bonchev–Trinajstić information content (AvgIpc) is 2.89. The van der Waals surface area contributed by atoms with Gasteiger partial charge in [0.15, 0.2) is 0 Å². The monoisotopic (exact) mass is 549 g/mol. The Labute approximate surface area is 232 Å². The van der Waals surface area contributed by atoms with Crippen LogP contribution in [0.2, 0.25) is 0 Å². The van der Waals surface area contributed by atoms with Crippen LogP contribution in [0, 0.1) is 20.8 Å². The van der Waals surface area contributed by atoms with Crippen molar-refractivity contribution in [3.8, 4) is 0 Å². The lowest BCUT2D eigenvalue weighted by Gasteiger charge is -2.34. The predicted octanol–water partition coefficient (Wildman–Crippen LogP) is 5.14. The van der Waals surface area contributed by atoms with E-state index < -0.39 is 28.5 Å². The molecule has 2 amide bonds. The van der Waals surface area contributed by atoms with Gasteiger partial charge in [0.25, 0.3) is 10.0 Å². The summed E-state index contributed by atoms with van der Waals surface area (Å²) in [4.78, 5) is 28.9. The maximum absolute atomic E-state index is 14.1. The first-order valence-electron chi connectivity index (χ1n) is 13.2. The van der Waals surface area contributed by atoms with Crippen LogP contribution < -0.4 is 9.62 Å². The van der Waals surface area contributed by atoms with Gasteiger partial charge in [-0.2, -0.15) is 0 Å². The number of carbonyl (C=O) groups is 2. The van der Waals surface area contributed by atoms with Gasteiger partial charge in [-0.3, -0.25) is 13.9 Å². The molecule has 3 aromatic carbocycles. The molecule has 0 fully saturated rings. The Morgan fingerprint density at radius 3 is 2.08 bits per heavy atom. The Balaban J connectivity index is 2.09. The zero-order valence-corrected chi connectivity index (χ0v) is 24.5. The minimum atomic E-state index is -4.09. The van der Waals surface area contributed by atoms with Crippen molar-refractivity contribution >= 4 is 27.5 Å². The number of hydrogen-bond acceptors (Lipinski definition) is 4. The van der Waals surface area contributed by atoms with Crippen LogP contribution in [0.3, 0.4) is 0 Å². The molecule has 0 unspecified atom stereocenters. The second kappa shape index (κ2) is 12.9. The van der Waals surface area contributed by atoms with Crippen molar-refractivity contribution < 1.29 is 18.0 Å². The summed E-state index contributed by atoms with van der Waals surface area (Å²) in [6.45, 7) is 11.0. The molecule has 3 aromatic rings. The number of nitrogens with one attached hydrogen (secondary N) is 1. The molecule has 0 saturated heterocycles. The van der Waals surface area contributed by atoms with Crippen LogP contribution in [0.25, 0.3) is 0 Å². The van der Waals surface area contributed by atoms with Crippen LogP contribution in [0.5, 0.6) is 0 Å². The van der Waals surface area contributed by atoms with E-state index in [1.54, 1.807) is 24.3 Å². The van der Waals surface area contributed by atoms with Crippen molar-refractivity contribution in [3.05, 3.63) is 95.1 Å². The smallest absolute Gasteiger partial charge is 0.264 e. The Morgan fingerprint density at radius 1 is 0.872 bits per heavy atom. The van der Waals surface area contributed by atoms with E-state index in [2.05, 4.69) is 5.32 Å². The minimum Gasteiger partial charge on any atom is -0.352 e. The molecule has 0 aromatic heterocycles. The number of hydrogen-bond donors (Lipinski definition) is 1. The van der Waals surface area contributed by atoms with Gasteiger partial charge < -0.3 is 10.2 Å². The molecule has 0 aliphatic rings. The molecule has 3 rings (SSSR count). The summed E-state index contributed by atoms with van der Waals surface area (Å²) in [7, 11) is -4.09. The molecule has 0 bridgehead atoms. The van der Waals surface area contributed by atoms with Gasteiger partial charge in [-0.05, 0) is 75.9 Å². The fraction of sp³-hybridized carbons (Fsp3) is 0.355. The van der Waals surface area contributed by atoms with Crippen LogP contribution in [0.1, 0.15) is 49.4 Å². The fourth-order valence-corrected chi connectivity index (χ4v) is 5.90. The highest BCUT2D eigenvalue weighted by molar-refractivity contribution is 7.92. The van der Waals surface area contributed by atoms with Crippen molar-refractivity contribution in [2.45, 2.75) is 71.5 Å². The summed E-state index contributed by atoms with van der Waals surface area (Å²) in [6, 6.07) is 20.5. The molecular weight excluding hydrogens is 510 g/mol. The van der Waals surface area contributed by atoms with E-state index in [9.17, 15) is 18.0 Å². The lowest BCUT2D eigenvalue weighted by atomic mass is 10.1. The maximum atomic E-state index is 14.1. The number of anilines is 1. The molecule has 0 radical (unpaired) electrons. The van der Waals surface area contributed by atoms with Crippen LogP contribution in [0.15, 0.2) is 77.7 Å². The van der Waals surface area contributed by atoms with E-state index in [0.29, 0.717) is 12.1 Å². The van der Waals surface area contributed by atoms with E-state index in [0.717, 1.165) is 22.3 Å². The molecule has 208 valence electrons. The molecule has 0 aliphatic heterocycles. The van der Waals surface area contributed by atoms with E-state index in [4.69, 9.17) is 0 Å². The predicted molar refractivity (Wildman–Crippen MR) is 156 cm³/mol. The summed E-state index contributed by atoms with van der Waals surface area (Å²) in [6.07, 6.45) is 0.380. The van der Waals surface area contributed by atoms with Gasteiger partial charge in [-0.15, -0.1) is 0 Å². The fourth-order valence-electron chi connectivity index (χ4n) is 4.41. The first-order chi connectivity index (χ1) is 18.4. The van der Waals surface area contributed by atoms with Gasteiger partial charge in [-0.1, -0.05) is 67.1 Å². The van der Waals surface area contributed by atoms with Crippen LogP contribution in [0.4, 0.5) is 5.69 Å². The Bertz CT molecular complexity index is 1390. The highest BCUT2D eigenvalue weighted by Crippen LogP contribution is 2.28. The van der Waals surface area contributed by atoms with Gasteiger partial charge in [0.1, 0.15) is 12.6 Å². The number of sulfonamides is 1. The first kappa shape index (κ1) is 29.9. The lowest BCUT2D eigenvalue weighted by molar-refractivity contribution is -0.140. The zero-order valence-electron chi connectivity index (χ0n) is 23.6. The molecule has 0 heterocycles. The SMILES string of the molecule is CC[C@H](C(=O)NC(C)C)N(Cc1ccc(C)cc1)C(=O)CN(c1cc(C)ccc1C)S(=O)(=O)c1ccccc1. The van der Waals surface area contributed by atoms with Gasteiger partial charge in [-0.25, -0.2) is 8.42 Å². The molecule has 39 heavy (non-hydrogen) atoms. The van der Waals surface area contributed by atoms with E-state index in [1.165, 1.54) is 21.3 Å². The third-order valence-electron chi connectivity index (χ3n) is 6.53. The number of nitrogens with zero attached hydrogens (tertiary/aromatic N) is 2. The average molecular weight is 550 g/mol. The topological polar surface area (TPSA) is 86.8 Å². The minimum absolute atomic E-state index is 0.0911. The third-order valence-corrected chi connectivity index (χ3v) is 8.31. The quantitative estimate of drug-likeness (QED) is 0.359. The number of amides is 2. The molecular formula is C31H39N3O4S. The van der Waals surface area contributed by atoms with E-state index >= 15 is 0 Å². The summed E-state index contributed by atoms with van der Waals surface area (Å²) >= 11 is 0. The van der Waals surface area contributed by atoms with Gasteiger partial charge in [0.2, 0.25) is 11.8 Å². The van der Waals surface area contributed by atoms with Crippen LogP contribution in [-0.4, -0.2) is 43.8 Å². The number of benzene rings is 3. The van der Waals surface area contributed by atoms with Gasteiger partial charge in [0.05, 0.1) is 10.6 Å². The van der Waals surface area contributed by atoms with E-state index in [-0.39, 0.29) is 23.4 Å². The van der Waals surface area contributed by atoms with Crippen LogP contribution in [-0.2, 0) is 26.2 Å². The summed E-state index contributed by atoms with van der Waals surface area (Å²) in [5, 5.41) is 2.92. The second-order valence-corrected chi connectivity index (χ2v) is 12.1. The molecule has 1 atom stereocenters. The molecule has 1 N–H and O–H groups in total. The molecule has 0 spiro atoms. The molecule has 0 aliphatic carbocycles. The Morgan fingerprint density at radius 2 is 1.49 bits per heavy atom. The highest BCUT2D eigenvalue weighted by atomic mass is 32.2. The third kappa shape index (κ3) is 7.47. The number of rotatable bonds is 11. The summed E-state index contributed by atoms with van der Waals surface area (Å²) < 4.78 is 29.1. The van der Waals surface area contributed by atoms with Crippen molar-refractivity contribution in [2.24, 2.45) is 0 Å². The maximum Gasteiger partial charge on any atom is 0.264 e. The molecule has 0 saturated carbocycles. The van der Waals surface area contributed by atoms with Crippen molar-refractivity contribution in [2.75, 3.05) is 10.8 Å². The highest BCUT2D eigenvalue weighted by Gasteiger charge is 2.34. The van der Waals surface area contributed by atoms with Crippen molar-refractivity contribution in [1.82, 2.24) is 10.2 Å². The summed E-state index contributed by atoms with van der Waals surface area (Å²) in [5.74, 6) is -0.723. The standard InChI is InChI=1S/C31H39N3O4S/c1-7-28(31(36)32-22(2)3)33(20-26-17-14-23(4)15-18-26)30(35)21-34(29-19-24(5)13-16-25(29)6)39(37,38)27-11-9-8-10-12-27/h8-19,22,28H,7,20-21H2,1-6H3,(H,32,36)/t28-/m1/s1. The van der Waals surface area contributed by atoms with Crippen molar-refractivity contribution in [1.29, 1.82) is 0 Å². The van der Waals surface area contributed by atoms with Crippen LogP contribution >= 0.6 is 0 Å². The number of aryl methyl sites for hydroxylation is 3. The second-order valence-electron chi connectivity index (χ2n) is 10.2. The summed E-state index contributed by atoms with van der Waals surface area (Å²) in [5.41, 5.74) is 3.96. The Hall–Kier alpha value is -3.65. The largest absolute Gasteiger partial charge is 0.352 e. The lowest BCUT2D eigenvalue weighted by Crippen LogP contribution is -2.53. The Kier molecular flexibility index (Phi) is 9.92. The van der Waals surface area contributed by atoms with Gasteiger partial charge in [0, 0.05) is 12.6 Å². The normalized spacial score (nSPS) is 12.2. The van der Waals surface area contributed by atoms with Gasteiger partial charge >= 0.3 is 0 Å². The first-order valence-corrected chi connectivity index (χ1v) is 14.7. The molecule has 7 nitrogen and oxygen atoms in total.